The smallest absolute Gasteiger partial charge is 0.0844 e. The predicted octanol–water partition coefficient (Wildman–Crippen LogP) is 1.23. The molecule has 0 saturated carbocycles. The molecule has 0 aliphatic heterocycles. The first kappa shape index (κ1) is 7.92. The van der Waals surface area contributed by atoms with Gasteiger partial charge in [0.15, 0.2) is 0 Å². The largest absolute Gasteiger partial charge is 0.379 e. The van der Waals surface area contributed by atoms with E-state index in [9.17, 15) is 5.11 Å². The molecule has 0 saturated heterocycles. The average molecular weight is 117 g/mol. The van der Waals surface area contributed by atoms with Crippen molar-refractivity contribution in [3.8, 4) is 0 Å². The normalized spacial score (nSPS) is 10.5. The molecule has 0 amide bonds. The van der Waals surface area contributed by atoms with Gasteiger partial charge in [-0.3, -0.25) is 0 Å². The van der Waals surface area contributed by atoms with Crippen molar-refractivity contribution < 1.29 is 9.84 Å². The van der Waals surface area contributed by atoms with E-state index in [-0.39, 0.29) is 12.7 Å². The first-order chi connectivity index (χ1) is 3.77. The molecular weight excluding hydrogens is 104 g/mol. The molecule has 1 radical (unpaired) electrons. The third-order valence-electron chi connectivity index (χ3n) is 0.740. The lowest BCUT2D eigenvalue weighted by molar-refractivity contribution is 0.0585. The highest BCUT2D eigenvalue weighted by molar-refractivity contribution is 4.36. The van der Waals surface area contributed by atoms with E-state index in [1.807, 2.05) is 13.8 Å². The zero-order valence-corrected chi connectivity index (χ0v) is 5.52. The summed E-state index contributed by atoms with van der Waals surface area (Å²) in [5, 5.41) is 9.83. The van der Waals surface area contributed by atoms with Crippen molar-refractivity contribution >= 4 is 0 Å². The molecule has 0 aromatic carbocycles. The molecule has 0 heterocycles. The first-order valence-corrected chi connectivity index (χ1v) is 2.97. The molecule has 0 aliphatic carbocycles. The quantitative estimate of drug-likeness (QED) is 0.509. The van der Waals surface area contributed by atoms with Crippen LogP contribution in [0.5, 0.6) is 0 Å². The molecule has 0 aromatic heterocycles. The fraction of sp³-hybridized carbons (Fsp3) is 1.00. The van der Waals surface area contributed by atoms with Gasteiger partial charge in [0.05, 0.1) is 12.7 Å². The maximum absolute atomic E-state index is 9.83. The second-order valence-corrected chi connectivity index (χ2v) is 1.98. The molecule has 0 rings (SSSR count). The van der Waals surface area contributed by atoms with Gasteiger partial charge in [0.25, 0.3) is 0 Å². The summed E-state index contributed by atoms with van der Waals surface area (Å²) in [4.78, 5) is 0. The van der Waals surface area contributed by atoms with Gasteiger partial charge in [0.2, 0.25) is 0 Å². The second-order valence-electron chi connectivity index (χ2n) is 1.98. The van der Waals surface area contributed by atoms with Crippen molar-refractivity contribution in [1.82, 2.24) is 0 Å². The van der Waals surface area contributed by atoms with Crippen LogP contribution in [0.4, 0.5) is 0 Å². The summed E-state index contributed by atoms with van der Waals surface area (Å²) in [6, 6.07) is 0. The van der Waals surface area contributed by atoms with Crippen molar-refractivity contribution in [1.29, 1.82) is 0 Å². The Morgan fingerprint density at radius 3 is 2.50 bits per heavy atom. The zero-order valence-electron chi connectivity index (χ0n) is 5.52. The lowest BCUT2D eigenvalue weighted by Crippen LogP contribution is -2.04. The molecule has 2 heteroatoms. The predicted molar refractivity (Wildman–Crippen MR) is 31.3 cm³/mol. The van der Waals surface area contributed by atoms with Crippen molar-refractivity contribution in [2.24, 2.45) is 0 Å². The molecule has 0 aromatic rings. The van der Waals surface area contributed by atoms with Gasteiger partial charge in [-0.05, 0) is 20.3 Å². The van der Waals surface area contributed by atoms with Crippen molar-refractivity contribution in [3.05, 3.63) is 0 Å². The molecule has 0 unspecified atom stereocenters. The molecule has 49 valence electrons. The van der Waals surface area contributed by atoms with Gasteiger partial charge in [-0.15, -0.1) is 0 Å². The Kier molecular flexibility index (Phi) is 5.01. The third-order valence-corrected chi connectivity index (χ3v) is 0.740. The molecule has 0 bridgehead atoms. The van der Waals surface area contributed by atoms with E-state index in [2.05, 4.69) is 0 Å². The molecule has 0 N–H and O–H groups in total. The summed E-state index contributed by atoms with van der Waals surface area (Å²) in [6.45, 7) is 4.52. The minimum atomic E-state index is -0.0211. The standard InChI is InChI=1S/C6H13O2/c1-6(2)8-5-3-4-7/h6H,3-5H2,1-2H3. The molecule has 0 atom stereocenters. The fourth-order valence-corrected chi connectivity index (χ4v) is 0.378. The molecular formula is C6H13O2. The van der Waals surface area contributed by atoms with Gasteiger partial charge in [-0.25, -0.2) is 5.11 Å². The van der Waals surface area contributed by atoms with E-state index in [1.165, 1.54) is 0 Å². The van der Waals surface area contributed by atoms with Gasteiger partial charge in [-0.2, -0.15) is 0 Å². The van der Waals surface area contributed by atoms with Crippen molar-refractivity contribution in [2.45, 2.75) is 26.4 Å². The molecule has 0 spiro atoms. The highest BCUT2D eigenvalue weighted by atomic mass is 16.5. The lowest BCUT2D eigenvalue weighted by Gasteiger charge is -2.03. The number of ether oxygens (including phenoxy) is 1. The van der Waals surface area contributed by atoms with Crippen LogP contribution in [0.2, 0.25) is 0 Å². The Hall–Kier alpha value is -0.0800. The van der Waals surface area contributed by atoms with E-state index in [0.717, 1.165) is 0 Å². The maximum Gasteiger partial charge on any atom is 0.0844 e. The van der Waals surface area contributed by atoms with Crippen LogP contribution in [0.25, 0.3) is 0 Å². The van der Waals surface area contributed by atoms with Gasteiger partial charge in [-0.1, -0.05) is 0 Å². The summed E-state index contributed by atoms with van der Waals surface area (Å²) in [5.41, 5.74) is 0. The van der Waals surface area contributed by atoms with Crippen LogP contribution in [0.3, 0.4) is 0 Å². The number of rotatable bonds is 4. The summed E-state index contributed by atoms with van der Waals surface area (Å²) in [5.74, 6) is 0. The molecule has 0 aliphatic rings. The van der Waals surface area contributed by atoms with E-state index in [4.69, 9.17) is 4.74 Å². The SMILES string of the molecule is CC(C)OCCC[O]. The Morgan fingerprint density at radius 1 is 1.50 bits per heavy atom. The van der Waals surface area contributed by atoms with Gasteiger partial charge < -0.3 is 4.74 Å². The zero-order chi connectivity index (χ0) is 6.41. The third kappa shape index (κ3) is 5.92. The number of hydrogen-bond donors (Lipinski definition) is 0. The number of hydrogen-bond acceptors (Lipinski definition) is 1. The van der Waals surface area contributed by atoms with Crippen LogP contribution in [-0.4, -0.2) is 19.3 Å². The summed E-state index contributed by atoms with van der Waals surface area (Å²) < 4.78 is 5.08. The lowest BCUT2D eigenvalue weighted by atomic mass is 10.4. The molecule has 8 heavy (non-hydrogen) atoms. The van der Waals surface area contributed by atoms with Gasteiger partial charge >= 0.3 is 0 Å². The van der Waals surface area contributed by atoms with Gasteiger partial charge in [0, 0.05) is 6.61 Å². The topological polar surface area (TPSA) is 29.1 Å². The molecule has 2 nitrogen and oxygen atoms in total. The van der Waals surface area contributed by atoms with Crippen LogP contribution in [0, 0.1) is 0 Å². The highest BCUT2D eigenvalue weighted by Gasteiger charge is 1.90. The Labute approximate surface area is 50.5 Å². The van der Waals surface area contributed by atoms with E-state index in [0.29, 0.717) is 13.0 Å². The molecule has 0 fully saturated rings. The van der Waals surface area contributed by atoms with E-state index < -0.39 is 0 Å². The van der Waals surface area contributed by atoms with Crippen LogP contribution in [0.15, 0.2) is 0 Å². The minimum Gasteiger partial charge on any atom is -0.379 e. The van der Waals surface area contributed by atoms with Crippen LogP contribution >= 0.6 is 0 Å². The van der Waals surface area contributed by atoms with Crippen LogP contribution in [-0.2, 0) is 9.84 Å². The Balaban J connectivity index is 2.72. The highest BCUT2D eigenvalue weighted by Crippen LogP contribution is 1.88. The summed E-state index contributed by atoms with van der Waals surface area (Å²) in [7, 11) is 0. The monoisotopic (exact) mass is 117 g/mol. The Morgan fingerprint density at radius 2 is 2.12 bits per heavy atom. The van der Waals surface area contributed by atoms with Crippen molar-refractivity contribution in [3.63, 3.8) is 0 Å². The fourth-order valence-electron chi connectivity index (χ4n) is 0.378. The van der Waals surface area contributed by atoms with Gasteiger partial charge in [0.1, 0.15) is 0 Å². The van der Waals surface area contributed by atoms with Crippen molar-refractivity contribution in [2.75, 3.05) is 13.2 Å². The minimum absolute atomic E-state index is 0.0211. The van der Waals surface area contributed by atoms with Crippen LogP contribution < -0.4 is 0 Å². The van der Waals surface area contributed by atoms with E-state index >= 15 is 0 Å². The van der Waals surface area contributed by atoms with Crippen LogP contribution in [0.1, 0.15) is 20.3 Å². The summed E-state index contributed by atoms with van der Waals surface area (Å²) >= 11 is 0. The van der Waals surface area contributed by atoms with E-state index in [1.54, 1.807) is 0 Å². The Bertz CT molecular complexity index is 43.8. The summed E-state index contributed by atoms with van der Waals surface area (Å²) in [6.07, 6.45) is 0.902. The average Bonchev–Trinajstić information content (AvgIpc) is 1.66. The first-order valence-electron chi connectivity index (χ1n) is 2.97. The second kappa shape index (κ2) is 5.06. The maximum atomic E-state index is 9.83.